The third kappa shape index (κ3) is 3.36. The van der Waals surface area contributed by atoms with Crippen molar-refractivity contribution in [3.63, 3.8) is 0 Å². The molecule has 0 amide bonds. The van der Waals surface area contributed by atoms with Crippen LogP contribution in [0.5, 0.6) is 5.88 Å². The number of fused-ring (bicyclic) bond motifs is 1. The van der Waals surface area contributed by atoms with Crippen LogP contribution >= 0.6 is 0 Å². The van der Waals surface area contributed by atoms with E-state index in [1.807, 2.05) is 12.1 Å². The molecule has 0 bridgehead atoms. The lowest BCUT2D eigenvalue weighted by atomic mass is 9.86. The molecule has 1 aromatic rings. The Labute approximate surface area is 128 Å². The second-order valence-electron chi connectivity index (χ2n) is 5.75. The molecular weight excluding hydrogens is 286 g/mol. The smallest absolute Gasteiger partial charge is 0.332 e. The number of aliphatic carboxylic acids is 1. The average Bonchev–Trinajstić information content (AvgIpc) is 2.53. The molecule has 3 N–H and O–H groups in total. The number of esters is 1. The number of nitrogens with zero attached hydrogens (tertiary/aromatic N) is 1. The quantitative estimate of drug-likeness (QED) is 0.717. The van der Waals surface area contributed by atoms with Crippen LogP contribution in [0, 0.1) is 5.92 Å². The van der Waals surface area contributed by atoms with Gasteiger partial charge in [-0.1, -0.05) is 0 Å². The fourth-order valence-electron chi connectivity index (χ4n) is 2.89. The van der Waals surface area contributed by atoms with Crippen molar-refractivity contribution in [3.05, 3.63) is 17.8 Å². The van der Waals surface area contributed by atoms with Gasteiger partial charge in [0.05, 0.1) is 17.3 Å². The number of ether oxygens (including phenoxy) is 1. The summed E-state index contributed by atoms with van der Waals surface area (Å²) in [4.78, 5) is 26.5. The highest BCUT2D eigenvalue weighted by Crippen LogP contribution is 2.26. The van der Waals surface area contributed by atoms with Gasteiger partial charge in [0.25, 0.3) is 0 Å². The molecule has 0 aromatic carbocycles. The van der Waals surface area contributed by atoms with E-state index in [2.05, 4.69) is 15.6 Å². The molecule has 0 unspecified atom stereocenters. The van der Waals surface area contributed by atoms with E-state index >= 15 is 0 Å². The molecule has 0 spiro atoms. The van der Waals surface area contributed by atoms with Crippen molar-refractivity contribution in [2.45, 2.75) is 38.3 Å². The fraction of sp³-hybridized carbons (Fsp3) is 0.533. The van der Waals surface area contributed by atoms with Gasteiger partial charge >= 0.3 is 11.9 Å². The van der Waals surface area contributed by atoms with Crippen molar-refractivity contribution in [3.8, 4) is 5.88 Å². The maximum atomic E-state index is 11.2. The minimum absolute atomic E-state index is 0.166. The van der Waals surface area contributed by atoms with E-state index in [1.165, 1.54) is 0 Å². The summed E-state index contributed by atoms with van der Waals surface area (Å²) in [5.74, 6) is -0.906. The van der Waals surface area contributed by atoms with Gasteiger partial charge in [-0.3, -0.25) is 4.79 Å². The highest BCUT2D eigenvalue weighted by molar-refractivity contribution is 5.82. The summed E-state index contributed by atoms with van der Waals surface area (Å²) >= 11 is 0. The number of carbonyl (C=O) groups excluding carboxylic acids is 1. The number of rotatable bonds is 4. The van der Waals surface area contributed by atoms with Crippen LogP contribution in [0.3, 0.4) is 0 Å². The van der Waals surface area contributed by atoms with Crippen molar-refractivity contribution < 1.29 is 19.4 Å². The van der Waals surface area contributed by atoms with Crippen LogP contribution in [0.15, 0.2) is 12.1 Å². The molecule has 7 heteroatoms. The van der Waals surface area contributed by atoms with E-state index in [1.54, 1.807) is 0 Å². The number of anilines is 1. The summed E-state index contributed by atoms with van der Waals surface area (Å²) in [5.41, 5.74) is 1.53. The third-order valence-corrected chi connectivity index (χ3v) is 4.20. The number of aromatic nitrogens is 1. The number of pyridine rings is 1. The van der Waals surface area contributed by atoms with E-state index in [0.717, 1.165) is 24.2 Å². The number of carboxylic acid groups (broad SMARTS) is 1. The second kappa shape index (κ2) is 6.31. The lowest BCUT2D eigenvalue weighted by Crippen LogP contribution is -2.34. The molecule has 1 aliphatic heterocycles. The summed E-state index contributed by atoms with van der Waals surface area (Å²) in [7, 11) is 0. The summed E-state index contributed by atoms with van der Waals surface area (Å²) < 4.78 is 5.10. The zero-order chi connectivity index (χ0) is 15.5. The van der Waals surface area contributed by atoms with Crippen LogP contribution in [0.2, 0.25) is 0 Å². The highest BCUT2D eigenvalue weighted by atomic mass is 16.5. The lowest BCUT2D eigenvalue weighted by Gasteiger charge is -2.27. The van der Waals surface area contributed by atoms with Gasteiger partial charge in [0.15, 0.2) is 0 Å². The maximum Gasteiger partial charge on any atom is 0.332 e. The molecule has 7 nitrogen and oxygen atoms in total. The number of hydrogen-bond donors (Lipinski definition) is 3. The fourth-order valence-corrected chi connectivity index (χ4v) is 2.89. The molecule has 1 saturated carbocycles. The first-order chi connectivity index (χ1) is 10.6. The normalized spacial score (nSPS) is 24.1. The van der Waals surface area contributed by atoms with E-state index in [9.17, 15) is 9.59 Å². The van der Waals surface area contributed by atoms with Crippen molar-refractivity contribution in [1.82, 2.24) is 10.3 Å². The Morgan fingerprint density at radius 2 is 2.14 bits per heavy atom. The van der Waals surface area contributed by atoms with Gasteiger partial charge in [0.1, 0.15) is 6.54 Å². The Morgan fingerprint density at radius 3 is 2.86 bits per heavy atom. The molecule has 22 heavy (non-hydrogen) atoms. The van der Waals surface area contributed by atoms with Gasteiger partial charge in [-0.25, -0.2) is 9.78 Å². The number of carbonyl (C=O) groups is 2. The number of hydrogen-bond acceptors (Lipinski definition) is 6. The van der Waals surface area contributed by atoms with Crippen molar-refractivity contribution in [2.75, 3.05) is 11.9 Å². The Balaban J connectivity index is 1.53. The van der Waals surface area contributed by atoms with E-state index < -0.39 is 5.97 Å². The molecule has 0 saturated heterocycles. The van der Waals surface area contributed by atoms with Crippen LogP contribution in [0.1, 0.15) is 31.4 Å². The molecule has 2 heterocycles. The number of carboxylic acids is 1. The first-order valence-corrected chi connectivity index (χ1v) is 7.52. The lowest BCUT2D eigenvalue weighted by molar-refractivity contribution is -0.143. The van der Waals surface area contributed by atoms with Crippen LogP contribution in [0.25, 0.3) is 0 Å². The number of nitrogens with one attached hydrogen (secondary N) is 2. The summed E-state index contributed by atoms with van der Waals surface area (Å²) in [6.45, 7) is 0.742. The maximum absolute atomic E-state index is 11.2. The topological polar surface area (TPSA) is 101 Å². The summed E-state index contributed by atoms with van der Waals surface area (Å²) in [5, 5.41) is 15.3. The SMILES string of the molecule is O=C1CNc2ccc(CNC3CCC(C(=O)O)CC3)nc2O1. The predicted molar refractivity (Wildman–Crippen MR) is 78.6 cm³/mol. The standard InChI is InChI=1S/C15H19N3O4/c19-13-8-17-12-6-5-11(18-14(12)22-13)7-16-10-3-1-9(2-4-10)15(20)21/h5-6,9-10,16-17H,1-4,7-8H2,(H,20,21). The minimum Gasteiger partial charge on any atom is -0.481 e. The second-order valence-corrected chi connectivity index (χ2v) is 5.75. The average molecular weight is 305 g/mol. The zero-order valence-corrected chi connectivity index (χ0v) is 12.2. The molecular formula is C15H19N3O4. The van der Waals surface area contributed by atoms with E-state index in [-0.39, 0.29) is 18.4 Å². The van der Waals surface area contributed by atoms with Gasteiger partial charge in [0.2, 0.25) is 5.88 Å². The monoisotopic (exact) mass is 305 g/mol. The van der Waals surface area contributed by atoms with Crippen molar-refractivity contribution in [2.24, 2.45) is 5.92 Å². The summed E-state index contributed by atoms with van der Waals surface area (Å²) in [6.07, 6.45) is 3.15. The largest absolute Gasteiger partial charge is 0.481 e. The van der Waals surface area contributed by atoms with Gasteiger partial charge < -0.3 is 20.5 Å². The Hall–Kier alpha value is -2.15. The molecule has 0 radical (unpaired) electrons. The van der Waals surface area contributed by atoms with Crippen LogP contribution in [0.4, 0.5) is 5.69 Å². The van der Waals surface area contributed by atoms with Gasteiger partial charge in [-0.05, 0) is 37.8 Å². The summed E-state index contributed by atoms with van der Waals surface area (Å²) in [6, 6.07) is 4.06. The van der Waals surface area contributed by atoms with Crippen molar-refractivity contribution >= 4 is 17.6 Å². The van der Waals surface area contributed by atoms with Crippen LogP contribution in [-0.2, 0) is 16.1 Å². The predicted octanol–water partition coefficient (Wildman–Crippen LogP) is 1.15. The first kappa shape index (κ1) is 14.8. The third-order valence-electron chi connectivity index (χ3n) is 4.20. The van der Waals surface area contributed by atoms with Gasteiger partial charge in [-0.2, -0.15) is 0 Å². The van der Waals surface area contributed by atoms with Crippen LogP contribution in [-0.4, -0.2) is 34.6 Å². The Morgan fingerprint density at radius 1 is 1.36 bits per heavy atom. The molecule has 3 rings (SSSR count). The van der Waals surface area contributed by atoms with Gasteiger partial charge in [-0.15, -0.1) is 0 Å². The Bertz CT molecular complexity index is 582. The van der Waals surface area contributed by atoms with Gasteiger partial charge in [0, 0.05) is 12.6 Å². The van der Waals surface area contributed by atoms with Crippen molar-refractivity contribution in [1.29, 1.82) is 0 Å². The molecule has 1 fully saturated rings. The first-order valence-electron chi connectivity index (χ1n) is 7.52. The highest BCUT2D eigenvalue weighted by Gasteiger charge is 2.25. The molecule has 1 aromatic heterocycles. The minimum atomic E-state index is -0.691. The zero-order valence-electron chi connectivity index (χ0n) is 12.2. The molecule has 2 aliphatic rings. The molecule has 0 atom stereocenters. The molecule has 1 aliphatic carbocycles. The van der Waals surface area contributed by atoms with Crippen LogP contribution < -0.4 is 15.4 Å². The van der Waals surface area contributed by atoms with E-state index in [4.69, 9.17) is 9.84 Å². The van der Waals surface area contributed by atoms with E-state index in [0.29, 0.717) is 31.3 Å². The Kier molecular flexibility index (Phi) is 4.24. The molecule has 118 valence electrons.